The average molecular weight is 475 g/mol. The smallest absolute Gasteiger partial charge is 0.302 e. The first-order chi connectivity index (χ1) is 16.1. The summed E-state index contributed by atoms with van der Waals surface area (Å²) >= 11 is 0. The van der Waals surface area contributed by atoms with E-state index in [2.05, 4.69) is 27.7 Å². The summed E-state index contributed by atoms with van der Waals surface area (Å²) in [5, 5.41) is 11.7. The molecule has 5 heteroatoms. The number of carbonyl (C=O) groups excluding carboxylic acids is 1. The zero-order valence-corrected chi connectivity index (χ0v) is 21.9. The molecular formula is C29H46O5. The van der Waals surface area contributed by atoms with E-state index in [1.54, 1.807) is 6.92 Å². The number of fused-ring (bicyclic) bond motifs is 7. The summed E-state index contributed by atoms with van der Waals surface area (Å²) in [6.07, 6.45) is 10.5. The van der Waals surface area contributed by atoms with Crippen LogP contribution in [0.1, 0.15) is 92.4 Å². The molecule has 13 atom stereocenters. The molecule has 1 N–H and O–H groups in total. The fourth-order valence-corrected chi connectivity index (χ4v) is 10.6. The molecule has 2 aliphatic heterocycles. The van der Waals surface area contributed by atoms with Crippen molar-refractivity contribution in [2.45, 2.75) is 117 Å². The molecule has 192 valence electrons. The maximum atomic E-state index is 11.7. The Morgan fingerprint density at radius 2 is 1.74 bits per heavy atom. The quantitative estimate of drug-likeness (QED) is 0.548. The Hall–Kier alpha value is -0.650. The normalized spacial score (nSPS) is 58.5. The molecule has 4 saturated carbocycles. The maximum Gasteiger partial charge on any atom is 0.302 e. The Labute approximate surface area is 205 Å². The van der Waals surface area contributed by atoms with Gasteiger partial charge in [-0.1, -0.05) is 27.7 Å². The molecule has 0 aromatic carbocycles. The Morgan fingerprint density at radius 3 is 2.44 bits per heavy atom. The predicted octanol–water partition coefficient (Wildman–Crippen LogP) is 5.34. The summed E-state index contributed by atoms with van der Waals surface area (Å²) in [5.41, 5.74) is 0.623. The Bertz CT molecular complexity index is 829. The van der Waals surface area contributed by atoms with E-state index in [1.165, 1.54) is 32.1 Å². The molecule has 0 aromatic heterocycles. The summed E-state index contributed by atoms with van der Waals surface area (Å²) in [5.74, 6) is 2.70. The molecule has 0 spiro atoms. The van der Waals surface area contributed by atoms with Crippen LogP contribution in [0.5, 0.6) is 0 Å². The predicted molar refractivity (Wildman–Crippen MR) is 129 cm³/mol. The van der Waals surface area contributed by atoms with Crippen LogP contribution in [0.15, 0.2) is 0 Å². The van der Waals surface area contributed by atoms with Crippen molar-refractivity contribution in [3.8, 4) is 0 Å². The summed E-state index contributed by atoms with van der Waals surface area (Å²) in [6.45, 7) is 11.8. The van der Waals surface area contributed by atoms with Crippen LogP contribution in [0.3, 0.4) is 0 Å². The molecule has 0 unspecified atom stereocenters. The van der Waals surface area contributed by atoms with Gasteiger partial charge < -0.3 is 19.3 Å². The van der Waals surface area contributed by atoms with E-state index >= 15 is 0 Å². The lowest BCUT2D eigenvalue weighted by Gasteiger charge is -2.61. The second-order valence-electron chi connectivity index (χ2n) is 13.8. The molecular weight excluding hydrogens is 428 g/mol. The van der Waals surface area contributed by atoms with E-state index in [1.807, 2.05) is 0 Å². The fourth-order valence-electron chi connectivity index (χ4n) is 10.6. The first-order valence-corrected chi connectivity index (χ1v) is 14.2. The number of hydrogen-bond donors (Lipinski definition) is 1. The highest BCUT2D eigenvalue weighted by Crippen LogP contribution is 2.71. The van der Waals surface area contributed by atoms with Gasteiger partial charge in [0.2, 0.25) is 0 Å². The van der Waals surface area contributed by atoms with E-state index in [0.717, 1.165) is 44.1 Å². The van der Waals surface area contributed by atoms with Crippen LogP contribution in [-0.2, 0) is 19.0 Å². The van der Waals surface area contributed by atoms with Crippen molar-refractivity contribution in [2.75, 3.05) is 6.61 Å². The molecule has 0 aromatic rings. The molecule has 0 amide bonds. The van der Waals surface area contributed by atoms with Gasteiger partial charge in [-0.3, -0.25) is 4.79 Å². The van der Waals surface area contributed by atoms with Crippen LogP contribution < -0.4 is 0 Å². The zero-order valence-electron chi connectivity index (χ0n) is 21.9. The highest BCUT2D eigenvalue weighted by molar-refractivity contribution is 5.66. The minimum absolute atomic E-state index is 0.116. The topological polar surface area (TPSA) is 65.0 Å². The molecule has 6 fully saturated rings. The van der Waals surface area contributed by atoms with Gasteiger partial charge in [0.25, 0.3) is 0 Å². The molecule has 4 aliphatic carbocycles. The number of aliphatic hydroxyl groups is 1. The molecule has 2 heterocycles. The van der Waals surface area contributed by atoms with Crippen LogP contribution in [0, 0.1) is 52.3 Å². The van der Waals surface area contributed by atoms with Gasteiger partial charge in [-0.05, 0) is 104 Å². The standard InChI is InChI=1S/C29H46O5/c1-16-12-25(32-15-16)29(31)17(2)26-24(34-29)14-23-21-7-6-19-13-20(33-18(3)30)8-10-27(19,4)22(21)9-11-28(23,26)5/h16-17,19-26,31H,6-15H2,1-5H3/t16-,17-,19+,20-,21+,22-,23-,24-,25-,26-,27-,28-,29-/m0/s1. The fraction of sp³-hybridized carbons (Fsp3) is 0.966. The third kappa shape index (κ3) is 3.24. The second-order valence-corrected chi connectivity index (χ2v) is 13.8. The van der Waals surface area contributed by atoms with Crippen molar-refractivity contribution in [3.63, 3.8) is 0 Å². The molecule has 6 rings (SSSR count). The lowest BCUT2D eigenvalue weighted by atomic mass is 9.44. The minimum atomic E-state index is -1.12. The first kappa shape index (κ1) is 23.7. The highest BCUT2D eigenvalue weighted by Gasteiger charge is 2.70. The maximum absolute atomic E-state index is 11.7. The summed E-state index contributed by atoms with van der Waals surface area (Å²) in [6, 6.07) is 0. The largest absolute Gasteiger partial charge is 0.463 e. The number of rotatable bonds is 2. The van der Waals surface area contributed by atoms with Gasteiger partial charge in [0.1, 0.15) is 12.2 Å². The summed E-state index contributed by atoms with van der Waals surface area (Å²) in [7, 11) is 0. The Balaban J connectivity index is 1.21. The van der Waals surface area contributed by atoms with Gasteiger partial charge in [-0.15, -0.1) is 0 Å². The van der Waals surface area contributed by atoms with E-state index < -0.39 is 5.79 Å². The van der Waals surface area contributed by atoms with Crippen LogP contribution in [0.25, 0.3) is 0 Å². The lowest BCUT2D eigenvalue weighted by molar-refractivity contribution is -0.267. The first-order valence-electron chi connectivity index (χ1n) is 14.2. The Morgan fingerprint density at radius 1 is 0.971 bits per heavy atom. The van der Waals surface area contributed by atoms with Gasteiger partial charge in [-0.2, -0.15) is 0 Å². The number of carbonyl (C=O) groups is 1. The van der Waals surface area contributed by atoms with Gasteiger partial charge in [0.15, 0.2) is 5.79 Å². The highest BCUT2D eigenvalue weighted by atomic mass is 16.7. The molecule has 2 saturated heterocycles. The number of ether oxygens (including phenoxy) is 3. The number of hydrogen-bond acceptors (Lipinski definition) is 5. The van der Waals surface area contributed by atoms with Crippen LogP contribution >= 0.6 is 0 Å². The van der Waals surface area contributed by atoms with Crippen LogP contribution in [0.4, 0.5) is 0 Å². The van der Waals surface area contributed by atoms with E-state index in [-0.39, 0.29) is 35.6 Å². The van der Waals surface area contributed by atoms with Gasteiger partial charge in [0, 0.05) is 19.4 Å². The third-order valence-electron chi connectivity index (χ3n) is 12.2. The van der Waals surface area contributed by atoms with Gasteiger partial charge >= 0.3 is 5.97 Å². The number of esters is 1. The van der Waals surface area contributed by atoms with Crippen molar-refractivity contribution in [1.29, 1.82) is 0 Å². The molecule has 0 radical (unpaired) electrons. The van der Waals surface area contributed by atoms with Crippen molar-refractivity contribution >= 4 is 5.97 Å². The van der Waals surface area contributed by atoms with E-state index in [0.29, 0.717) is 29.1 Å². The molecule has 5 nitrogen and oxygen atoms in total. The van der Waals surface area contributed by atoms with Crippen molar-refractivity contribution in [3.05, 3.63) is 0 Å². The molecule has 0 bridgehead atoms. The van der Waals surface area contributed by atoms with Crippen LogP contribution in [0.2, 0.25) is 0 Å². The van der Waals surface area contributed by atoms with Crippen molar-refractivity contribution in [1.82, 2.24) is 0 Å². The minimum Gasteiger partial charge on any atom is -0.463 e. The van der Waals surface area contributed by atoms with E-state index in [9.17, 15) is 9.90 Å². The monoisotopic (exact) mass is 474 g/mol. The Kier molecular flexibility index (Phi) is 5.53. The average Bonchev–Trinajstić information content (AvgIpc) is 3.41. The molecule has 34 heavy (non-hydrogen) atoms. The lowest BCUT2D eigenvalue weighted by Crippen LogP contribution is -2.55. The van der Waals surface area contributed by atoms with E-state index in [4.69, 9.17) is 14.2 Å². The van der Waals surface area contributed by atoms with Gasteiger partial charge in [-0.25, -0.2) is 0 Å². The van der Waals surface area contributed by atoms with Crippen molar-refractivity contribution < 1.29 is 24.1 Å². The summed E-state index contributed by atoms with van der Waals surface area (Å²) in [4.78, 5) is 11.5. The van der Waals surface area contributed by atoms with Crippen LogP contribution in [-0.4, -0.2) is 41.8 Å². The third-order valence-corrected chi connectivity index (χ3v) is 12.2. The van der Waals surface area contributed by atoms with Gasteiger partial charge in [0.05, 0.1) is 6.10 Å². The molecule has 6 aliphatic rings. The second kappa shape index (κ2) is 7.92. The van der Waals surface area contributed by atoms with Crippen molar-refractivity contribution in [2.24, 2.45) is 52.3 Å². The zero-order chi connectivity index (χ0) is 24.0. The SMILES string of the molecule is CC(=O)O[C@H]1CC[C@@]2(C)[C@H](CC[C@@H]3[C@@H]2CC[C@]2(C)[C@@H]4[C@H](C[C@@H]32)O[C@](O)([C@@H]2C[C@H](C)CO2)[C@H]4C)C1. The summed E-state index contributed by atoms with van der Waals surface area (Å²) < 4.78 is 18.3.